The Labute approximate surface area is 112 Å². The lowest BCUT2D eigenvalue weighted by Crippen LogP contribution is -2.36. The van der Waals surface area contributed by atoms with Gasteiger partial charge in [0.15, 0.2) is 0 Å². The summed E-state index contributed by atoms with van der Waals surface area (Å²) in [6.07, 6.45) is 3.18. The average Bonchev–Trinajstić information content (AvgIpc) is 2.79. The number of hydrogen-bond acceptors (Lipinski definition) is 4. The van der Waals surface area contributed by atoms with Crippen molar-refractivity contribution in [2.75, 3.05) is 39.9 Å². The molecule has 4 heteroatoms. The molecule has 0 saturated carbocycles. The van der Waals surface area contributed by atoms with E-state index in [1.807, 2.05) is 0 Å². The number of hydrogen-bond donors (Lipinski definition) is 1. The topological polar surface area (TPSA) is 33.7 Å². The van der Waals surface area contributed by atoms with Crippen LogP contribution in [0.4, 0.5) is 0 Å². The van der Waals surface area contributed by atoms with Crippen molar-refractivity contribution >= 4 is 0 Å². The second-order valence-corrected chi connectivity index (χ2v) is 5.41. The van der Waals surface area contributed by atoms with Gasteiger partial charge in [0, 0.05) is 32.8 Å². The van der Waals surface area contributed by atoms with Crippen LogP contribution in [0.5, 0.6) is 0 Å². The zero-order chi connectivity index (χ0) is 13.4. The van der Waals surface area contributed by atoms with E-state index in [9.17, 15) is 0 Å². The molecule has 4 nitrogen and oxygen atoms in total. The molecule has 1 saturated heterocycles. The molecule has 2 atom stereocenters. The summed E-state index contributed by atoms with van der Waals surface area (Å²) in [5.74, 6) is 0. The Hall–Kier alpha value is -0.160. The molecule has 0 aliphatic carbocycles. The molecule has 108 valence electrons. The van der Waals surface area contributed by atoms with E-state index in [0.717, 1.165) is 32.8 Å². The molecule has 0 radical (unpaired) electrons. The van der Waals surface area contributed by atoms with E-state index < -0.39 is 0 Å². The van der Waals surface area contributed by atoms with Crippen LogP contribution in [-0.4, -0.2) is 63.0 Å². The molecule has 1 N–H and O–H groups in total. The smallest absolute Gasteiger partial charge is 0.0707 e. The fourth-order valence-corrected chi connectivity index (χ4v) is 2.32. The average molecular weight is 258 g/mol. The molecule has 0 aromatic rings. The molecule has 0 spiro atoms. The standard InChI is InChI=1S/C14H30N2O2/c1-5-16(8-9-17-4)11-14-7-6-13(18-14)10-15-12(2)3/h12-15H,5-11H2,1-4H3. The van der Waals surface area contributed by atoms with E-state index in [0.29, 0.717) is 18.2 Å². The minimum atomic E-state index is 0.401. The molecule has 0 aromatic carbocycles. The Balaban J connectivity index is 2.19. The number of nitrogens with one attached hydrogen (secondary N) is 1. The lowest BCUT2D eigenvalue weighted by molar-refractivity contribution is 0.0192. The summed E-state index contributed by atoms with van der Waals surface area (Å²) in [6, 6.07) is 0.543. The number of methoxy groups -OCH3 is 1. The van der Waals surface area contributed by atoms with Gasteiger partial charge in [-0.15, -0.1) is 0 Å². The van der Waals surface area contributed by atoms with Crippen molar-refractivity contribution in [3.8, 4) is 0 Å². The van der Waals surface area contributed by atoms with Crippen LogP contribution in [0.25, 0.3) is 0 Å². The molecule has 1 heterocycles. The first-order valence-corrected chi connectivity index (χ1v) is 7.25. The summed E-state index contributed by atoms with van der Waals surface area (Å²) in [5.41, 5.74) is 0. The van der Waals surface area contributed by atoms with Gasteiger partial charge in [0.1, 0.15) is 0 Å². The van der Waals surface area contributed by atoms with Crippen LogP contribution >= 0.6 is 0 Å². The first-order valence-electron chi connectivity index (χ1n) is 7.25. The highest BCUT2D eigenvalue weighted by Gasteiger charge is 2.26. The Morgan fingerprint density at radius 1 is 1.33 bits per heavy atom. The van der Waals surface area contributed by atoms with Crippen molar-refractivity contribution in [3.63, 3.8) is 0 Å². The van der Waals surface area contributed by atoms with Crippen LogP contribution in [-0.2, 0) is 9.47 Å². The van der Waals surface area contributed by atoms with E-state index in [4.69, 9.17) is 9.47 Å². The van der Waals surface area contributed by atoms with Gasteiger partial charge < -0.3 is 14.8 Å². The Bertz CT molecular complexity index is 212. The van der Waals surface area contributed by atoms with E-state index >= 15 is 0 Å². The van der Waals surface area contributed by atoms with Gasteiger partial charge in [-0.25, -0.2) is 0 Å². The van der Waals surface area contributed by atoms with Crippen molar-refractivity contribution in [2.45, 2.75) is 51.9 Å². The van der Waals surface area contributed by atoms with Gasteiger partial charge in [-0.05, 0) is 19.4 Å². The molecular weight excluding hydrogens is 228 g/mol. The Morgan fingerprint density at radius 3 is 2.67 bits per heavy atom. The summed E-state index contributed by atoms with van der Waals surface area (Å²) >= 11 is 0. The van der Waals surface area contributed by atoms with Gasteiger partial charge in [0.05, 0.1) is 18.8 Å². The number of rotatable bonds is 9. The third kappa shape index (κ3) is 6.14. The fourth-order valence-electron chi connectivity index (χ4n) is 2.32. The van der Waals surface area contributed by atoms with Crippen molar-refractivity contribution in [3.05, 3.63) is 0 Å². The first kappa shape index (κ1) is 15.9. The van der Waals surface area contributed by atoms with E-state index in [2.05, 4.69) is 31.0 Å². The largest absolute Gasteiger partial charge is 0.383 e. The Morgan fingerprint density at radius 2 is 2.06 bits per heavy atom. The zero-order valence-corrected chi connectivity index (χ0v) is 12.4. The zero-order valence-electron chi connectivity index (χ0n) is 12.4. The number of likely N-dealkylation sites (N-methyl/N-ethyl adjacent to an activating group) is 1. The van der Waals surface area contributed by atoms with Gasteiger partial charge in [-0.1, -0.05) is 20.8 Å². The van der Waals surface area contributed by atoms with Gasteiger partial charge in [-0.3, -0.25) is 4.90 Å². The predicted molar refractivity (Wildman–Crippen MR) is 75.0 cm³/mol. The highest BCUT2D eigenvalue weighted by atomic mass is 16.5. The monoisotopic (exact) mass is 258 g/mol. The SMILES string of the molecule is CCN(CCOC)CC1CCC(CNC(C)C)O1. The lowest BCUT2D eigenvalue weighted by Gasteiger charge is -2.24. The minimum absolute atomic E-state index is 0.401. The molecule has 0 bridgehead atoms. The first-order chi connectivity index (χ1) is 8.65. The molecule has 2 unspecified atom stereocenters. The van der Waals surface area contributed by atoms with Crippen LogP contribution in [0.15, 0.2) is 0 Å². The van der Waals surface area contributed by atoms with Crippen molar-refractivity contribution in [1.29, 1.82) is 0 Å². The molecule has 1 aliphatic rings. The van der Waals surface area contributed by atoms with Crippen LogP contribution in [0.3, 0.4) is 0 Å². The maximum absolute atomic E-state index is 6.08. The second kappa shape index (κ2) is 8.86. The number of nitrogens with zero attached hydrogens (tertiary/aromatic N) is 1. The molecule has 18 heavy (non-hydrogen) atoms. The van der Waals surface area contributed by atoms with Gasteiger partial charge >= 0.3 is 0 Å². The van der Waals surface area contributed by atoms with E-state index in [1.165, 1.54) is 12.8 Å². The van der Waals surface area contributed by atoms with Gasteiger partial charge in [0.2, 0.25) is 0 Å². The summed E-state index contributed by atoms with van der Waals surface area (Å²) in [7, 11) is 1.76. The van der Waals surface area contributed by atoms with Crippen LogP contribution in [0.2, 0.25) is 0 Å². The van der Waals surface area contributed by atoms with Gasteiger partial charge in [0.25, 0.3) is 0 Å². The molecule has 1 rings (SSSR count). The summed E-state index contributed by atoms with van der Waals surface area (Å²) in [5, 5.41) is 3.45. The summed E-state index contributed by atoms with van der Waals surface area (Å²) < 4.78 is 11.2. The second-order valence-electron chi connectivity index (χ2n) is 5.41. The van der Waals surface area contributed by atoms with E-state index in [1.54, 1.807) is 7.11 Å². The van der Waals surface area contributed by atoms with Crippen molar-refractivity contribution in [1.82, 2.24) is 10.2 Å². The predicted octanol–water partition coefficient (Wildman–Crippen LogP) is 1.50. The van der Waals surface area contributed by atoms with Crippen molar-refractivity contribution in [2.24, 2.45) is 0 Å². The highest BCUT2D eigenvalue weighted by molar-refractivity contribution is 4.78. The normalized spacial score (nSPS) is 24.3. The quantitative estimate of drug-likeness (QED) is 0.679. The van der Waals surface area contributed by atoms with Crippen molar-refractivity contribution < 1.29 is 9.47 Å². The van der Waals surface area contributed by atoms with Crippen LogP contribution < -0.4 is 5.32 Å². The maximum Gasteiger partial charge on any atom is 0.0707 e. The lowest BCUT2D eigenvalue weighted by atomic mass is 10.2. The summed E-state index contributed by atoms with van der Waals surface area (Å²) in [4.78, 5) is 2.41. The fraction of sp³-hybridized carbons (Fsp3) is 1.00. The Kier molecular flexibility index (Phi) is 7.82. The molecular formula is C14H30N2O2. The van der Waals surface area contributed by atoms with Gasteiger partial charge in [-0.2, -0.15) is 0 Å². The van der Waals surface area contributed by atoms with Crippen LogP contribution in [0.1, 0.15) is 33.6 Å². The molecule has 0 amide bonds. The summed E-state index contributed by atoms with van der Waals surface area (Å²) in [6.45, 7) is 11.4. The molecule has 1 fully saturated rings. The highest BCUT2D eigenvalue weighted by Crippen LogP contribution is 2.20. The minimum Gasteiger partial charge on any atom is -0.383 e. The third-order valence-electron chi connectivity index (χ3n) is 3.47. The molecule has 1 aliphatic heterocycles. The molecule has 0 aromatic heterocycles. The van der Waals surface area contributed by atoms with E-state index in [-0.39, 0.29) is 0 Å². The maximum atomic E-state index is 6.08. The number of ether oxygens (including phenoxy) is 2. The van der Waals surface area contributed by atoms with Crippen LogP contribution in [0, 0.1) is 0 Å². The third-order valence-corrected chi connectivity index (χ3v) is 3.47.